The van der Waals surface area contributed by atoms with E-state index in [0.717, 1.165) is 12.8 Å². The molecule has 0 spiro atoms. The molecular formula is C13H24N2O. The summed E-state index contributed by atoms with van der Waals surface area (Å²) in [7, 11) is 6.31. The van der Waals surface area contributed by atoms with E-state index in [1.165, 1.54) is 5.56 Å². The van der Waals surface area contributed by atoms with Gasteiger partial charge < -0.3 is 14.6 Å². The second-order valence-corrected chi connectivity index (χ2v) is 4.78. The zero-order valence-corrected chi connectivity index (χ0v) is 11.1. The molecule has 2 atom stereocenters. The van der Waals surface area contributed by atoms with Crippen molar-refractivity contribution >= 4 is 0 Å². The van der Waals surface area contributed by atoms with Gasteiger partial charge in [0.2, 0.25) is 0 Å². The summed E-state index contributed by atoms with van der Waals surface area (Å²) in [5.41, 5.74) is 1.41. The van der Waals surface area contributed by atoms with Gasteiger partial charge in [0.25, 0.3) is 0 Å². The van der Waals surface area contributed by atoms with Gasteiger partial charge in [-0.2, -0.15) is 0 Å². The Kier molecular flexibility index (Phi) is 4.56. The molecule has 1 aromatic rings. The first-order valence-electron chi connectivity index (χ1n) is 5.90. The van der Waals surface area contributed by atoms with Crippen molar-refractivity contribution in [1.82, 2.24) is 10.2 Å². The topological polar surface area (TPSA) is 28.4 Å². The Morgan fingerprint density at radius 2 is 2.19 bits per heavy atom. The average Bonchev–Trinajstić information content (AvgIpc) is 2.77. The number of likely N-dealkylation sites (N-methyl/N-ethyl adjacent to an activating group) is 2. The van der Waals surface area contributed by atoms with Gasteiger partial charge in [0.15, 0.2) is 0 Å². The molecule has 0 aliphatic rings. The third kappa shape index (κ3) is 2.66. The van der Waals surface area contributed by atoms with Gasteiger partial charge in [-0.05, 0) is 52.5 Å². The van der Waals surface area contributed by atoms with Crippen LogP contribution in [-0.2, 0) is 6.42 Å². The van der Waals surface area contributed by atoms with Gasteiger partial charge in [-0.1, -0.05) is 6.92 Å². The molecule has 0 aliphatic heterocycles. The molecule has 0 aliphatic carbocycles. The van der Waals surface area contributed by atoms with Crippen molar-refractivity contribution in [3.8, 4) is 0 Å². The Balaban J connectivity index is 2.79. The maximum atomic E-state index is 5.13. The fourth-order valence-electron chi connectivity index (χ4n) is 2.15. The van der Waals surface area contributed by atoms with E-state index < -0.39 is 0 Å². The zero-order valence-electron chi connectivity index (χ0n) is 11.1. The first-order valence-corrected chi connectivity index (χ1v) is 5.90. The normalized spacial score (nSPS) is 17.4. The summed E-state index contributed by atoms with van der Waals surface area (Å²) < 4.78 is 5.13. The molecule has 0 saturated carbocycles. The average molecular weight is 224 g/mol. The van der Waals surface area contributed by atoms with Gasteiger partial charge in [0.05, 0.1) is 12.5 Å². The van der Waals surface area contributed by atoms with Crippen LogP contribution >= 0.6 is 0 Å². The predicted octanol–water partition coefficient (Wildman–Crippen LogP) is 2.14. The van der Waals surface area contributed by atoms with Crippen LogP contribution in [-0.4, -0.2) is 37.6 Å². The van der Waals surface area contributed by atoms with E-state index >= 15 is 0 Å². The first-order chi connectivity index (χ1) is 7.54. The molecule has 1 rings (SSSR count). The minimum atomic E-state index is 0.159. The molecule has 0 saturated heterocycles. The molecule has 3 nitrogen and oxygen atoms in total. The van der Waals surface area contributed by atoms with E-state index in [2.05, 4.69) is 38.2 Å². The van der Waals surface area contributed by atoms with Crippen molar-refractivity contribution in [1.29, 1.82) is 0 Å². The zero-order chi connectivity index (χ0) is 12.2. The van der Waals surface area contributed by atoms with E-state index in [0.29, 0.717) is 6.04 Å². The second kappa shape index (κ2) is 5.51. The molecule has 0 amide bonds. The summed E-state index contributed by atoms with van der Waals surface area (Å²) in [5.74, 6) is 0. The summed E-state index contributed by atoms with van der Waals surface area (Å²) in [6.07, 6.45) is 5.68. The Morgan fingerprint density at radius 3 is 2.56 bits per heavy atom. The number of hydrogen-bond acceptors (Lipinski definition) is 3. The van der Waals surface area contributed by atoms with E-state index in [9.17, 15) is 0 Å². The van der Waals surface area contributed by atoms with Crippen LogP contribution in [0.2, 0.25) is 0 Å². The van der Waals surface area contributed by atoms with Crippen molar-refractivity contribution in [2.45, 2.75) is 38.3 Å². The summed E-state index contributed by atoms with van der Waals surface area (Å²) in [4.78, 5) is 2.30. The quantitative estimate of drug-likeness (QED) is 0.802. The van der Waals surface area contributed by atoms with Gasteiger partial charge in [-0.3, -0.25) is 0 Å². The fraction of sp³-hybridized carbons (Fsp3) is 0.692. The fourth-order valence-corrected chi connectivity index (χ4v) is 2.15. The number of nitrogens with zero attached hydrogens (tertiary/aromatic N) is 1. The van der Waals surface area contributed by atoms with Crippen LogP contribution in [0.1, 0.15) is 25.8 Å². The third-order valence-electron chi connectivity index (χ3n) is 3.86. The van der Waals surface area contributed by atoms with Crippen molar-refractivity contribution in [3.63, 3.8) is 0 Å². The standard InChI is InChI=1S/C13H24N2O/c1-6-13(2,15(4)5)12(14-3)9-11-7-8-16-10-11/h7-8,10,12,14H,6,9H2,1-5H3. The maximum Gasteiger partial charge on any atom is 0.0935 e. The van der Waals surface area contributed by atoms with E-state index in [1.807, 2.05) is 19.4 Å². The molecule has 0 aromatic carbocycles. The SMILES string of the molecule is CCC(C)(C(Cc1ccoc1)NC)N(C)C. The molecule has 3 heteroatoms. The number of rotatable bonds is 6. The molecule has 92 valence electrons. The highest BCUT2D eigenvalue weighted by Gasteiger charge is 2.33. The molecule has 16 heavy (non-hydrogen) atoms. The molecule has 1 aromatic heterocycles. The number of furan rings is 1. The lowest BCUT2D eigenvalue weighted by molar-refractivity contribution is 0.116. The van der Waals surface area contributed by atoms with Crippen LogP contribution in [0.3, 0.4) is 0 Å². The Morgan fingerprint density at radius 1 is 1.50 bits per heavy atom. The van der Waals surface area contributed by atoms with Crippen LogP contribution in [0, 0.1) is 0 Å². The summed E-state index contributed by atoms with van der Waals surface area (Å²) in [6.45, 7) is 4.54. The summed E-state index contributed by atoms with van der Waals surface area (Å²) in [6, 6.07) is 2.46. The highest BCUT2D eigenvalue weighted by atomic mass is 16.3. The smallest absolute Gasteiger partial charge is 0.0935 e. The van der Waals surface area contributed by atoms with Crippen molar-refractivity contribution in [2.24, 2.45) is 0 Å². The lowest BCUT2D eigenvalue weighted by atomic mass is 9.84. The van der Waals surface area contributed by atoms with E-state index in [1.54, 1.807) is 6.26 Å². The molecule has 2 unspecified atom stereocenters. The summed E-state index contributed by atoms with van der Waals surface area (Å²) in [5, 5.41) is 3.43. The molecule has 0 bridgehead atoms. The lowest BCUT2D eigenvalue weighted by Gasteiger charge is -2.42. The van der Waals surface area contributed by atoms with Crippen LogP contribution in [0.15, 0.2) is 23.0 Å². The van der Waals surface area contributed by atoms with E-state index in [4.69, 9.17) is 4.42 Å². The molecule has 0 radical (unpaired) electrons. The van der Waals surface area contributed by atoms with Gasteiger partial charge in [0, 0.05) is 11.6 Å². The van der Waals surface area contributed by atoms with Gasteiger partial charge >= 0.3 is 0 Å². The van der Waals surface area contributed by atoms with Gasteiger partial charge in [-0.25, -0.2) is 0 Å². The van der Waals surface area contributed by atoms with Gasteiger partial charge in [-0.15, -0.1) is 0 Å². The van der Waals surface area contributed by atoms with Crippen molar-refractivity contribution in [3.05, 3.63) is 24.2 Å². The third-order valence-corrected chi connectivity index (χ3v) is 3.86. The summed E-state index contributed by atoms with van der Waals surface area (Å²) >= 11 is 0. The highest BCUT2D eigenvalue weighted by Crippen LogP contribution is 2.23. The van der Waals surface area contributed by atoms with Gasteiger partial charge in [0.1, 0.15) is 0 Å². The Bertz CT molecular complexity index is 295. The monoisotopic (exact) mass is 224 g/mol. The highest BCUT2D eigenvalue weighted by molar-refractivity contribution is 5.10. The largest absolute Gasteiger partial charge is 0.472 e. The number of nitrogens with one attached hydrogen (secondary N) is 1. The van der Waals surface area contributed by atoms with Crippen LogP contribution in [0.25, 0.3) is 0 Å². The first kappa shape index (κ1) is 13.3. The molecule has 1 N–H and O–H groups in total. The molecule has 0 fully saturated rings. The Hall–Kier alpha value is -0.800. The van der Waals surface area contributed by atoms with Crippen LogP contribution in [0.4, 0.5) is 0 Å². The minimum Gasteiger partial charge on any atom is -0.472 e. The molecule has 1 heterocycles. The molecular weight excluding hydrogens is 200 g/mol. The van der Waals surface area contributed by atoms with E-state index in [-0.39, 0.29) is 5.54 Å². The maximum absolute atomic E-state index is 5.13. The predicted molar refractivity (Wildman–Crippen MR) is 67.6 cm³/mol. The Labute approximate surface area is 98.8 Å². The van der Waals surface area contributed by atoms with Crippen LogP contribution < -0.4 is 5.32 Å². The number of hydrogen-bond donors (Lipinski definition) is 1. The van der Waals surface area contributed by atoms with Crippen molar-refractivity contribution < 1.29 is 4.42 Å². The lowest BCUT2D eigenvalue weighted by Crippen LogP contribution is -2.56. The minimum absolute atomic E-state index is 0.159. The van der Waals surface area contributed by atoms with Crippen molar-refractivity contribution in [2.75, 3.05) is 21.1 Å². The van der Waals surface area contributed by atoms with Crippen LogP contribution in [0.5, 0.6) is 0 Å². The second-order valence-electron chi connectivity index (χ2n) is 4.78.